The lowest BCUT2D eigenvalue weighted by Gasteiger charge is -2.25. The lowest BCUT2D eigenvalue weighted by atomic mass is 10.1. The molecular weight excluding hydrogens is 306 g/mol. The first kappa shape index (κ1) is 17.5. The molecule has 1 N–H and O–H groups in total. The standard InChI is InChI=1S/C16H22F2N2O3/c1-20(10-9-13-4-2-3-11-22-13)16(21)19-12-5-7-14(8-6-12)23-15(17)18/h5-8,13,15H,2-4,9-11H2,1H3,(H,19,21)/t13-/m1/s1. The molecule has 5 nitrogen and oxygen atoms in total. The van der Waals surface area contributed by atoms with Crippen LogP contribution in [0.3, 0.4) is 0 Å². The van der Waals surface area contributed by atoms with E-state index in [-0.39, 0.29) is 17.9 Å². The van der Waals surface area contributed by atoms with Crippen LogP contribution in [0.2, 0.25) is 0 Å². The van der Waals surface area contributed by atoms with E-state index in [0.717, 1.165) is 25.9 Å². The highest BCUT2D eigenvalue weighted by atomic mass is 19.3. The Hall–Kier alpha value is -1.89. The van der Waals surface area contributed by atoms with E-state index in [0.29, 0.717) is 12.2 Å². The van der Waals surface area contributed by atoms with Gasteiger partial charge in [0.05, 0.1) is 6.10 Å². The zero-order chi connectivity index (χ0) is 16.7. The highest BCUT2D eigenvalue weighted by Crippen LogP contribution is 2.18. The molecule has 0 radical (unpaired) electrons. The summed E-state index contributed by atoms with van der Waals surface area (Å²) in [6.07, 6.45) is 4.36. The number of amides is 2. The summed E-state index contributed by atoms with van der Waals surface area (Å²) in [5.41, 5.74) is 0.525. The molecule has 1 aliphatic rings. The van der Waals surface area contributed by atoms with Gasteiger partial charge in [0.15, 0.2) is 0 Å². The molecule has 1 atom stereocenters. The number of carbonyl (C=O) groups is 1. The fourth-order valence-corrected chi connectivity index (χ4v) is 2.41. The van der Waals surface area contributed by atoms with Crippen LogP contribution in [0.25, 0.3) is 0 Å². The second-order valence-corrected chi connectivity index (χ2v) is 5.53. The summed E-state index contributed by atoms with van der Waals surface area (Å²) < 4.78 is 34.0. The molecule has 0 aliphatic carbocycles. The van der Waals surface area contributed by atoms with Gasteiger partial charge >= 0.3 is 12.6 Å². The molecule has 1 saturated heterocycles. The van der Waals surface area contributed by atoms with Crippen molar-refractivity contribution in [3.8, 4) is 5.75 Å². The van der Waals surface area contributed by atoms with Gasteiger partial charge in [-0.1, -0.05) is 0 Å². The van der Waals surface area contributed by atoms with Crippen LogP contribution in [0, 0.1) is 0 Å². The van der Waals surface area contributed by atoms with E-state index in [1.165, 1.54) is 30.7 Å². The number of benzene rings is 1. The lowest BCUT2D eigenvalue weighted by molar-refractivity contribution is -0.0498. The number of nitrogens with zero attached hydrogens (tertiary/aromatic N) is 1. The highest BCUT2D eigenvalue weighted by molar-refractivity contribution is 5.89. The third kappa shape index (κ3) is 6.02. The Bertz CT molecular complexity index is 491. The van der Waals surface area contributed by atoms with E-state index in [1.54, 1.807) is 11.9 Å². The SMILES string of the molecule is CN(CC[C@H]1CCCCO1)C(=O)Nc1ccc(OC(F)F)cc1. The predicted octanol–water partition coefficient (Wildman–Crippen LogP) is 3.71. The van der Waals surface area contributed by atoms with Gasteiger partial charge in [-0.15, -0.1) is 0 Å². The van der Waals surface area contributed by atoms with Crippen molar-refractivity contribution in [2.24, 2.45) is 0 Å². The average molecular weight is 328 g/mol. The summed E-state index contributed by atoms with van der Waals surface area (Å²) in [6.45, 7) is -1.46. The molecule has 0 aromatic heterocycles. The van der Waals surface area contributed by atoms with Crippen LogP contribution in [0.15, 0.2) is 24.3 Å². The summed E-state index contributed by atoms with van der Waals surface area (Å²) in [5.74, 6) is 0.0563. The normalized spacial score (nSPS) is 17.8. The first-order chi connectivity index (χ1) is 11.0. The van der Waals surface area contributed by atoms with Crippen LogP contribution >= 0.6 is 0 Å². The number of rotatable bonds is 6. The summed E-state index contributed by atoms with van der Waals surface area (Å²) in [4.78, 5) is 13.7. The zero-order valence-corrected chi connectivity index (χ0v) is 13.1. The molecule has 128 valence electrons. The van der Waals surface area contributed by atoms with Crippen LogP contribution in [-0.2, 0) is 4.74 Å². The largest absolute Gasteiger partial charge is 0.435 e. The molecule has 1 aliphatic heterocycles. The molecule has 0 saturated carbocycles. The van der Waals surface area contributed by atoms with Gasteiger partial charge in [0.2, 0.25) is 0 Å². The van der Waals surface area contributed by atoms with Crippen molar-refractivity contribution in [1.82, 2.24) is 4.90 Å². The Kier molecular flexibility index (Phi) is 6.58. The fourth-order valence-electron chi connectivity index (χ4n) is 2.41. The summed E-state index contributed by atoms with van der Waals surface area (Å²) in [7, 11) is 1.71. The van der Waals surface area contributed by atoms with E-state index in [9.17, 15) is 13.6 Å². The van der Waals surface area contributed by atoms with Gasteiger partial charge < -0.3 is 19.7 Å². The quantitative estimate of drug-likeness (QED) is 0.866. The second kappa shape index (κ2) is 8.67. The van der Waals surface area contributed by atoms with Crippen LogP contribution in [0.5, 0.6) is 5.75 Å². The number of ether oxygens (including phenoxy) is 2. The van der Waals surface area contributed by atoms with Gasteiger partial charge in [-0.2, -0.15) is 8.78 Å². The van der Waals surface area contributed by atoms with E-state index in [1.807, 2.05) is 0 Å². The summed E-state index contributed by atoms with van der Waals surface area (Å²) in [6, 6.07) is 5.57. The first-order valence-electron chi connectivity index (χ1n) is 7.73. The van der Waals surface area contributed by atoms with Crippen LogP contribution < -0.4 is 10.1 Å². The maximum atomic E-state index is 12.1. The van der Waals surface area contributed by atoms with Crippen molar-refractivity contribution in [1.29, 1.82) is 0 Å². The van der Waals surface area contributed by atoms with Crippen molar-refractivity contribution >= 4 is 11.7 Å². The average Bonchev–Trinajstić information content (AvgIpc) is 2.55. The maximum Gasteiger partial charge on any atom is 0.387 e. The number of nitrogens with one attached hydrogen (secondary N) is 1. The molecular formula is C16H22F2N2O3. The van der Waals surface area contributed by atoms with Gasteiger partial charge in [0, 0.05) is 25.9 Å². The molecule has 2 rings (SSSR count). The molecule has 1 fully saturated rings. The molecule has 2 amide bonds. The van der Waals surface area contributed by atoms with Gasteiger partial charge in [-0.3, -0.25) is 0 Å². The van der Waals surface area contributed by atoms with Gasteiger partial charge in [-0.25, -0.2) is 4.79 Å². The Balaban J connectivity index is 1.76. The van der Waals surface area contributed by atoms with Crippen LogP contribution in [-0.4, -0.2) is 43.8 Å². The summed E-state index contributed by atoms with van der Waals surface area (Å²) >= 11 is 0. The van der Waals surface area contributed by atoms with Crippen molar-refractivity contribution in [3.05, 3.63) is 24.3 Å². The Morgan fingerprint density at radius 1 is 1.39 bits per heavy atom. The van der Waals surface area contributed by atoms with Gasteiger partial charge in [0.1, 0.15) is 5.75 Å². The Morgan fingerprint density at radius 2 is 2.13 bits per heavy atom. The molecule has 23 heavy (non-hydrogen) atoms. The molecule has 1 aromatic rings. The van der Waals surface area contributed by atoms with Crippen LogP contribution in [0.4, 0.5) is 19.3 Å². The minimum absolute atomic E-state index is 0.0563. The zero-order valence-electron chi connectivity index (χ0n) is 13.1. The number of alkyl halides is 2. The third-order valence-electron chi connectivity index (χ3n) is 3.74. The highest BCUT2D eigenvalue weighted by Gasteiger charge is 2.16. The van der Waals surface area contributed by atoms with Crippen molar-refractivity contribution in [2.75, 3.05) is 25.5 Å². The molecule has 7 heteroatoms. The number of urea groups is 1. The first-order valence-corrected chi connectivity index (χ1v) is 7.73. The second-order valence-electron chi connectivity index (χ2n) is 5.53. The minimum atomic E-state index is -2.86. The number of anilines is 1. The third-order valence-corrected chi connectivity index (χ3v) is 3.74. The van der Waals surface area contributed by atoms with Crippen molar-refractivity contribution in [3.63, 3.8) is 0 Å². The number of hydrogen-bond acceptors (Lipinski definition) is 3. The molecule has 0 unspecified atom stereocenters. The number of carbonyl (C=O) groups excluding carboxylic acids is 1. The summed E-state index contributed by atoms with van der Waals surface area (Å²) in [5, 5.41) is 2.71. The van der Waals surface area contributed by atoms with E-state index >= 15 is 0 Å². The maximum absolute atomic E-state index is 12.1. The van der Waals surface area contributed by atoms with E-state index in [2.05, 4.69) is 10.1 Å². The molecule has 1 aromatic carbocycles. The minimum Gasteiger partial charge on any atom is -0.435 e. The van der Waals surface area contributed by atoms with E-state index < -0.39 is 6.61 Å². The predicted molar refractivity (Wildman–Crippen MR) is 82.9 cm³/mol. The Morgan fingerprint density at radius 3 is 2.74 bits per heavy atom. The molecule has 1 heterocycles. The topological polar surface area (TPSA) is 50.8 Å². The smallest absolute Gasteiger partial charge is 0.387 e. The monoisotopic (exact) mass is 328 g/mol. The Labute approximate surface area is 134 Å². The van der Waals surface area contributed by atoms with Gasteiger partial charge in [-0.05, 0) is 49.9 Å². The molecule has 0 spiro atoms. The van der Waals surface area contributed by atoms with Crippen LogP contribution in [0.1, 0.15) is 25.7 Å². The molecule has 0 bridgehead atoms. The lowest BCUT2D eigenvalue weighted by Crippen LogP contribution is -2.34. The van der Waals surface area contributed by atoms with Gasteiger partial charge in [0.25, 0.3) is 0 Å². The van der Waals surface area contributed by atoms with Crippen molar-refractivity contribution < 1.29 is 23.0 Å². The van der Waals surface area contributed by atoms with Crippen molar-refractivity contribution in [2.45, 2.75) is 38.4 Å². The van der Waals surface area contributed by atoms with E-state index in [4.69, 9.17) is 4.74 Å². The fraction of sp³-hybridized carbons (Fsp3) is 0.562. The number of hydrogen-bond donors (Lipinski definition) is 1. The number of halogens is 2.